The van der Waals surface area contributed by atoms with Gasteiger partial charge >= 0.3 is 0 Å². The minimum Gasteiger partial charge on any atom is -0.505 e. The zero-order valence-corrected chi connectivity index (χ0v) is 39.2. The first-order chi connectivity index (χ1) is 33.3. The van der Waals surface area contributed by atoms with Gasteiger partial charge in [0.2, 0.25) is 17.8 Å². The van der Waals surface area contributed by atoms with Crippen molar-refractivity contribution in [3.8, 4) is 5.75 Å². The van der Waals surface area contributed by atoms with E-state index in [-0.39, 0.29) is 47.1 Å². The van der Waals surface area contributed by atoms with Gasteiger partial charge in [-0.1, -0.05) is 6.07 Å². The van der Waals surface area contributed by atoms with E-state index in [1.165, 1.54) is 12.1 Å². The third-order valence-corrected chi connectivity index (χ3v) is 12.8. The van der Waals surface area contributed by atoms with Gasteiger partial charge in [-0.25, -0.2) is 0 Å². The van der Waals surface area contributed by atoms with Gasteiger partial charge < -0.3 is 43.2 Å². The first-order valence-corrected chi connectivity index (χ1v) is 25.6. The molecule has 0 bridgehead atoms. The monoisotopic (exact) mass is 1060 g/mol. The second kappa shape index (κ2) is 21.6. The van der Waals surface area contributed by atoms with Crippen LogP contribution in [0.15, 0.2) is 119 Å². The third kappa shape index (κ3) is 13.6. The smallest absolute Gasteiger partial charge is 0.296 e. The number of hydrogen-bond donors (Lipinski definition) is 12. The number of nitro benzene ring substituents is 1. The van der Waals surface area contributed by atoms with E-state index in [1.54, 1.807) is 0 Å². The predicted octanol–water partition coefficient (Wildman–Crippen LogP) is 4.08. The predicted molar refractivity (Wildman–Crippen MR) is 253 cm³/mol. The number of benzene rings is 5. The molecule has 0 aliphatic carbocycles. The molecular weight excluding hydrogens is 1020 g/mol. The number of non-ortho nitro benzene ring substituents is 1. The van der Waals surface area contributed by atoms with Gasteiger partial charge in [0.15, 0.2) is 5.75 Å². The highest BCUT2D eigenvalue weighted by Gasteiger charge is 2.28. The highest BCUT2D eigenvalue weighted by Crippen LogP contribution is 2.48. The molecule has 71 heavy (non-hydrogen) atoms. The number of rotatable bonds is 22. The number of nitrogens with two attached hydrogens (primary N) is 2. The number of anilines is 6. The van der Waals surface area contributed by atoms with Crippen LogP contribution in [-0.2, 0) is 40.5 Å². The van der Waals surface area contributed by atoms with E-state index >= 15 is 0 Å². The number of nitrogens with zero attached hydrogens (tertiary/aromatic N) is 8. The van der Waals surface area contributed by atoms with Gasteiger partial charge in [-0.15, -0.1) is 15.3 Å². The van der Waals surface area contributed by atoms with E-state index in [4.69, 9.17) is 11.5 Å². The number of nitrogen functional groups attached to an aromatic ring is 1. The van der Waals surface area contributed by atoms with Crippen molar-refractivity contribution in [1.82, 2.24) is 25.6 Å². The van der Waals surface area contributed by atoms with Gasteiger partial charge in [-0.3, -0.25) is 28.3 Å². The number of hydrogen-bond acceptors (Lipinski definition) is 25. The summed E-state index contributed by atoms with van der Waals surface area (Å²) in [6.45, 7) is 3.00. The first kappa shape index (κ1) is 52.9. The van der Waals surface area contributed by atoms with E-state index in [0.717, 1.165) is 54.6 Å². The summed E-state index contributed by atoms with van der Waals surface area (Å²) in [5.74, 6) is -1.70. The Balaban J connectivity index is 1.41. The molecule has 34 heteroatoms. The molecular formula is C37H39N15O15S4. The van der Waals surface area contributed by atoms with Gasteiger partial charge in [0, 0.05) is 62.8 Å². The normalized spacial score (nSPS) is 12.5. The summed E-state index contributed by atoms with van der Waals surface area (Å²) in [4.78, 5) is 19.5. The molecule has 1 aromatic heterocycles. The largest absolute Gasteiger partial charge is 0.505 e. The number of phenolic OH excluding ortho intramolecular Hbond substituents is 1. The van der Waals surface area contributed by atoms with Gasteiger partial charge in [-0.2, -0.15) is 53.7 Å². The number of aromatic hydroxyl groups is 1. The Labute approximate surface area is 401 Å². The molecule has 0 aliphatic rings. The lowest BCUT2D eigenvalue weighted by molar-refractivity contribution is -0.384. The van der Waals surface area contributed by atoms with Crippen molar-refractivity contribution in [3.05, 3.63) is 89.0 Å². The Morgan fingerprint density at radius 2 is 1.15 bits per heavy atom. The van der Waals surface area contributed by atoms with Crippen LogP contribution < -0.4 is 38.1 Å². The van der Waals surface area contributed by atoms with Crippen LogP contribution in [-0.4, -0.2) is 116 Å². The lowest BCUT2D eigenvalue weighted by atomic mass is 10.1. The van der Waals surface area contributed by atoms with Crippen molar-refractivity contribution in [2.45, 2.75) is 19.6 Å². The number of nitrogens with one attached hydrogen (secondary N) is 5. The minimum atomic E-state index is -5.45. The SMILES string of the molecule is NCCNCCNCCNc1nc(Nc2cccc(S(=O)(=O)O)c2)nc(Nc2ccc(S(=O)(=O)O)c(N=Nc3c(S(=O)(=O)O)cc4cc(S(=O)(=O)O)c(N=Nc5ccc([N+](=O)[O-])cc5)c(N)c4c3O)c2)n1. The summed E-state index contributed by atoms with van der Waals surface area (Å²) in [6, 6.07) is 13.4. The lowest BCUT2D eigenvalue weighted by Gasteiger charge is -2.14. The Kier molecular flexibility index (Phi) is 16.1. The fraction of sp³-hybridized carbons (Fsp3) is 0.162. The van der Waals surface area contributed by atoms with Crippen LogP contribution in [0.2, 0.25) is 0 Å². The van der Waals surface area contributed by atoms with Crippen LogP contribution in [0, 0.1) is 10.1 Å². The Bertz CT molecular complexity index is 3550. The fourth-order valence-corrected chi connectivity index (χ4v) is 8.66. The van der Waals surface area contributed by atoms with Crippen molar-refractivity contribution in [2.24, 2.45) is 26.2 Å². The van der Waals surface area contributed by atoms with Crippen molar-refractivity contribution in [1.29, 1.82) is 0 Å². The quantitative estimate of drug-likeness (QED) is 0.0114. The summed E-state index contributed by atoms with van der Waals surface area (Å²) in [5, 5.41) is 51.3. The molecule has 30 nitrogen and oxygen atoms in total. The van der Waals surface area contributed by atoms with Gasteiger partial charge in [0.25, 0.3) is 46.2 Å². The van der Waals surface area contributed by atoms with Gasteiger partial charge in [-0.05, 0) is 66.0 Å². The van der Waals surface area contributed by atoms with Crippen LogP contribution in [0.25, 0.3) is 10.8 Å². The Morgan fingerprint density at radius 1 is 0.606 bits per heavy atom. The summed E-state index contributed by atoms with van der Waals surface area (Å²) < 4.78 is 139. The molecule has 0 radical (unpaired) electrons. The number of fused-ring (bicyclic) bond motifs is 1. The second-order valence-corrected chi connectivity index (χ2v) is 20.0. The van der Waals surface area contributed by atoms with Crippen LogP contribution in [0.3, 0.4) is 0 Å². The molecule has 0 amide bonds. The Hall–Kier alpha value is -7.51. The lowest BCUT2D eigenvalue weighted by Crippen LogP contribution is -2.32. The molecule has 0 fully saturated rings. The van der Waals surface area contributed by atoms with Crippen molar-refractivity contribution < 1.29 is 61.9 Å². The van der Waals surface area contributed by atoms with E-state index in [1.807, 2.05) is 0 Å². The molecule has 1 heterocycles. The van der Waals surface area contributed by atoms with E-state index in [2.05, 4.69) is 62.0 Å². The second-order valence-electron chi connectivity index (χ2n) is 14.4. The molecule has 0 unspecified atom stereocenters. The molecule has 0 saturated carbocycles. The summed E-state index contributed by atoms with van der Waals surface area (Å²) in [7, 11) is -20.5. The zero-order chi connectivity index (χ0) is 51.9. The number of azo groups is 2. The standard InChI is InChI=1S/C37H39N15O15S4/c38-10-11-40-12-13-41-14-15-42-35-45-36(43-22-2-1-3-25(18-22)68(56,57)58)47-37(46-35)44-23-6-9-27(69(59,60)61)26(19-23)49-51-33-29(71(65,66)67)17-20-16-28(70(62,63)64)32(31(39)30(20)34(33)53)50-48-21-4-7-24(8-5-21)52(54)55/h1-9,16-19,40-41,53H,10-15,38-39H2,(H,56,57,58)(H,59,60,61)(H,62,63,64)(H,65,66,67)(H3,42,43,44,45,46,47). The van der Waals surface area contributed by atoms with Gasteiger partial charge in [0.1, 0.15) is 31.7 Å². The molecule has 0 saturated heterocycles. The van der Waals surface area contributed by atoms with Crippen LogP contribution in [0.1, 0.15) is 0 Å². The molecule has 5 aromatic carbocycles. The first-order valence-electron chi connectivity index (χ1n) is 19.8. The number of nitro groups is 1. The molecule has 6 aromatic rings. The van der Waals surface area contributed by atoms with E-state index in [0.29, 0.717) is 44.9 Å². The number of aromatic nitrogens is 3. The topological polar surface area (TPSA) is 481 Å². The Morgan fingerprint density at radius 3 is 1.73 bits per heavy atom. The molecule has 0 aliphatic heterocycles. The van der Waals surface area contributed by atoms with Crippen LogP contribution in [0.4, 0.5) is 63.3 Å². The summed E-state index contributed by atoms with van der Waals surface area (Å²) in [6.07, 6.45) is 0. The van der Waals surface area contributed by atoms with E-state index < -0.39 is 104 Å². The average molecular weight is 1060 g/mol. The van der Waals surface area contributed by atoms with Crippen LogP contribution in [0.5, 0.6) is 5.75 Å². The van der Waals surface area contributed by atoms with Crippen molar-refractivity contribution >= 4 is 115 Å². The minimum absolute atomic E-state index is 0.0445. The molecule has 6 rings (SSSR count). The highest BCUT2D eigenvalue weighted by molar-refractivity contribution is 7.86. The maximum atomic E-state index is 12.7. The fourth-order valence-electron chi connectivity index (χ4n) is 6.20. The summed E-state index contributed by atoms with van der Waals surface area (Å²) >= 11 is 0. The molecule has 0 atom stereocenters. The third-order valence-electron chi connectivity index (χ3n) is 9.35. The maximum Gasteiger partial charge on any atom is 0.296 e. The van der Waals surface area contributed by atoms with Crippen molar-refractivity contribution in [3.63, 3.8) is 0 Å². The molecule has 0 spiro atoms. The average Bonchev–Trinajstić information content (AvgIpc) is 3.28. The van der Waals surface area contributed by atoms with Gasteiger partial charge in [0.05, 0.1) is 26.6 Å². The zero-order valence-electron chi connectivity index (χ0n) is 35.9. The highest BCUT2D eigenvalue weighted by atomic mass is 32.2. The number of phenols is 1. The van der Waals surface area contributed by atoms with E-state index in [9.17, 15) is 67.1 Å². The van der Waals surface area contributed by atoms with Crippen molar-refractivity contribution in [2.75, 3.05) is 61.0 Å². The van der Waals surface area contributed by atoms with Crippen LogP contribution >= 0.6 is 0 Å². The molecule has 14 N–H and O–H groups in total. The maximum absolute atomic E-state index is 12.7. The molecule has 376 valence electrons. The summed E-state index contributed by atoms with van der Waals surface area (Å²) in [5.41, 5.74) is 7.88.